The number of halogens is 1. The van der Waals surface area contributed by atoms with Gasteiger partial charge in [0.15, 0.2) is 11.2 Å². The molecule has 1 amide bonds. The molecule has 0 bridgehead atoms. The summed E-state index contributed by atoms with van der Waals surface area (Å²) in [5.74, 6) is -1.69. The SMILES string of the molecule is Cc1ccc(C23Oc4cc(Cl)cnc4C2(O)C(O)C(C(=O)N(C)C)C3c2ccccc2)cc1. The maximum atomic E-state index is 13.5. The van der Waals surface area contributed by atoms with Crippen LogP contribution in [-0.2, 0) is 16.0 Å². The van der Waals surface area contributed by atoms with Crippen molar-refractivity contribution in [3.8, 4) is 5.75 Å². The highest BCUT2D eigenvalue weighted by molar-refractivity contribution is 6.30. The minimum atomic E-state index is -1.99. The molecular weight excluding hydrogens is 440 g/mol. The van der Waals surface area contributed by atoms with Crippen LogP contribution >= 0.6 is 11.6 Å². The van der Waals surface area contributed by atoms with Crippen molar-refractivity contribution >= 4 is 17.5 Å². The van der Waals surface area contributed by atoms with E-state index in [1.54, 1.807) is 20.2 Å². The number of carbonyl (C=O) groups excluding carboxylic acids is 1. The van der Waals surface area contributed by atoms with Crippen molar-refractivity contribution in [2.45, 2.75) is 30.1 Å². The van der Waals surface area contributed by atoms with E-state index in [1.165, 1.54) is 11.1 Å². The maximum absolute atomic E-state index is 13.5. The fourth-order valence-corrected chi connectivity index (χ4v) is 5.65. The quantitative estimate of drug-likeness (QED) is 0.621. The minimum absolute atomic E-state index is 0.176. The van der Waals surface area contributed by atoms with Gasteiger partial charge in [0.1, 0.15) is 17.5 Å². The number of hydrogen-bond donors (Lipinski definition) is 2. The predicted molar refractivity (Wildman–Crippen MR) is 124 cm³/mol. The summed E-state index contributed by atoms with van der Waals surface area (Å²) in [6.45, 7) is 1.97. The number of aliphatic hydroxyl groups excluding tert-OH is 1. The Bertz CT molecular complexity index is 1220. The lowest BCUT2D eigenvalue weighted by Crippen LogP contribution is -2.52. The highest BCUT2D eigenvalue weighted by atomic mass is 35.5. The summed E-state index contributed by atoms with van der Waals surface area (Å²) < 4.78 is 6.60. The van der Waals surface area contributed by atoms with Gasteiger partial charge in [0, 0.05) is 32.3 Å². The molecule has 170 valence electrons. The number of rotatable bonds is 3. The van der Waals surface area contributed by atoms with Crippen LogP contribution in [0.3, 0.4) is 0 Å². The number of hydrogen-bond acceptors (Lipinski definition) is 5. The van der Waals surface area contributed by atoms with Crippen molar-refractivity contribution < 1.29 is 19.7 Å². The predicted octanol–water partition coefficient (Wildman–Crippen LogP) is 3.38. The number of carbonyl (C=O) groups is 1. The maximum Gasteiger partial charge on any atom is 0.228 e. The zero-order valence-corrected chi connectivity index (χ0v) is 19.3. The number of fused-ring (bicyclic) bond motifs is 3. The summed E-state index contributed by atoms with van der Waals surface area (Å²) in [6, 6.07) is 18.6. The molecule has 1 aliphatic heterocycles. The number of aliphatic hydroxyl groups is 2. The molecule has 2 N–H and O–H groups in total. The molecule has 0 saturated heterocycles. The fourth-order valence-electron chi connectivity index (χ4n) is 5.51. The summed E-state index contributed by atoms with van der Waals surface area (Å²) in [5.41, 5.74) is -0.864. The number of nitrogens with zero attached hydrogens (tertiary/aromatic N) is 2. The Morgan fingerprint density at radius 2 is 1.79 bits per heavy atom. The molecule has 2 heterocycles. The number of aryl methyl sites for hydroxylation is 1. The van der Waals surface area contributed by atoms with E-state index in [-0.39, 0.29) is 11.6 Å². The molecule has 1 aliphatic carbocycles. The zero-order chi connectivity index (χ0) is 23.5. The first-order chi connectivity index (χ1) is 15.7. The van der Waals surface area contributed by atoms with Gasteiger partial charge in [-0.25, -0.2) is 0 Å². The van der Waals surface area contributed by atoms with Gasteiger partial charge in [-0.1, -0.05) is 71.8 Å². The Morgan fingerprint density at radius 1 is 1.12 bits per heavy atom. The lowest BCUT2D eigenvalue weighted by molar-refractivity contribution is -0.157. The third-order valence-electron chi connectivity index (χ3n) is 6.95. The summed E-state index contributed by atoms with van der Waals surface area (Å²) in [4.78, 5) is 19.3. The van der Waals surface area contributed by atoms with Crippen molar-refractivity contribution in [2.75, 3.05) is 14.1 Å². The van der Waals surface area contributed by atoms with Gasteiger partial charge >= 0.3 is 0 Å². The first-order valence-corrected chi connectivity index (χ1v) is 11.2. The van der Waals surface area contributed by atoms with Gasteiger partial charge < -0.3 is 19.8 Å². The van der Waals surface area contributed by atoms with Crippen LogP contribution in [0.5, 0.6) is 5.75 Å². The Kier molecular flexibility index (Phi) is 5.01. The van der Waals surface area contributed by atoms with Gasteiger partial charge in [0.05, 0.1) is 10.9 Å². The van der Waals surface area contributed by atoms with Gasteiger partial charge in [0.2, 0.25) is 5.91 Å². The molecule has 2 aromatic carbocycles. The van der Waals surface area contributed by atoms with Crippen LogP contribution in [-0.4, -0.2) is 46.2 Å². The van der Waals surface area contributed by atoms with Gasteiger partial charge in [0.25, 0.3) is 0 Å². The first-order valence-electron chi connectivity index (χ1n) is 10.8. The van der Waals surface area contributed by atoms with Gasteiger partial charge in [-0.3, -0.25) is 9.78 Å². The smallest absolute Gasteiger partial charge is 0.228 e. The largest absolute Gasteiger partial charge is 0.476 e. The van der Waals surface area contributed by atoms with Crippen LogP contribution in [0, 0.1) is 12.8 Å². The van der Waals surface area contributed by atoms with Crippen molar-refractivity contribution in [3.63, 3.8) is 0 Å². The molecule has 5 rings (SSSR count). The minimum Gasteiger partial charge on any atom is -0.476 e. The monoisotopic (exact) mass is 464 g/mol. The molecule has 0 spiro atoms. The number of pyridine rings is 1. The van der Waals surface area contributed by atoms with Crippen LogP contribution in [0.15, 0.2) is 66.9 Å². The first kappa shape index (κ1) is 21.9. The fraction of sp³-hybridized carbons (Fsp3) is 0.308. The lowest BCUT2D eigenvalue weighted by atomic mass is 9.71. The van der Waals surface area contributed by atoms with E-state index < -0.39 is 29.1 Å². The van der Waals surface area contributed by atoms with Gasteiger partial charge in [-0.15, -0.1) is 0 Å². The number of amides is 1. The molecule has 7 heteroatoms. The third-order valence-corrected chi connectivity index (χ3v) is 7.15. The van der Waals surface area contributed by atoms with E-state index >= 15 is 0 Å². The Balaban J connectivity index is 1.87. The van der Waals surface area contributed by atoms with Crippen molar-refractivity contribution in [1.82, 2.24) is 9.88 Å². The van der Waals surface area contributed by atoms with E-state index in [1.807, 2.05) is 61.5 Å². The second-order valence-corrected chi connectivity index (χ2v) is 9.50. The zero-order valence-electron chi connectivity index (χ0n) is 18.6. The molecule has 33 heavy (non-hydrogen) atoms. The molecule has 0 radical (unpaired) electrons. The normalized spacial score (nSPS) is 29.8. The number of benzene rings is 2. The van der Waals surface area contributed by atoms with E-state index in [4.69, 9.17) is 16.3 Å². The molecule has 3 aromatic rings. The summed E-state index contributed by atoms with van der Waals surface area (Å²) in [5, 5.41) is 24.5. The van der Waals surface area contributed by atoms with Crippen molar-refractivity contribution in [2.24, 2.45) is 5.92 Å². The molecule has 5 atom stereocenters. The number of aromatic nitrogens is 1. The van der Waals surface area contributed by atoms with E-state index in [9.17, 15) is 15.0 Å². The lowest BCUT2D eigenvalue weighted by Gasteiger charge is -2.40. The molecule has 6 nitrogen and oxygen atoms in total. The highest BCUT2D eigenvalue weighted by Gasteiger charge is 2.78. The Labute approximate surface area is 197 Å². The van der Waals surface area contributed by atoms with Crippen LogP contribution in [0.25, 0.3) is 0 Å². The summed E-state index contributed by atoms with van der Waals surface area (Å²) in [7, 11) is 3.28. The summed E-state index contributed by atoms with van der Waals surface area (Å²) in [6.07, 6.45) is -0.0630. The summed E-state index contributed by atoms with van der Waals surface area (Å²) >= 11 is 6.20. The standard InChI is InChI=1S/C26H25ClN2O4/c1-15-9-11-17(12-10-15)26-21(16-7-5-4-6-8-16)20(24(31)29(2)3)23(30)25(26,32)22-19(33-26)13-18(27)14-28-22/h4-14,20-21,23,30,32H,1-3H3. The topological polar surface area (TPSA) is 82.9 Å². The van der Waals surface area contributed by atoms with Gasteiger partial charge in [-0.05, 0) is 18.1 Å². The highest BCUT2D eigenvalue weighted by Crippen LogP contribution is 2.68. The molecule has 1 saturated carbocycles. The van der Waals surface area contributed by atoms with E-state index in [0.29, 0.717) is 16.3 Å². The third kappa shape index (κ3) is 2.88. The van der Waals surface area contributed by atoms with E-state index in [0.717, 1.165) is 11.1 Å². The van der Waals surface area contributed by atoms with Crippen LogP contribution in [0.4, 0.5) is 0 Å². The van der Waals surface area contributed by atoms with Gasteiger partial charge in [-0.2, -0.15) is 0 Å². The molecule has 1 fully saturated rings. The molecule has 2 aliphatic rings. The van der Waals surface area contributed by atoms with Crippen LogP contribution in [0.2, 0.25) is 5.02 Å². The molecule has 5 unspecified atom stereocenters. The Morgan fingerprint density at radius 3 is 2.42 bits per heavy atom. The molecule has 1 aromatic heterocycles. The Hall–Kier alpha value is -2.93. The number of ether oxygens (including phenoxy) is 1. The van der Waals surface area contributed by atoms with Crippen molar-refractivity contribution in [1.29, 1.82) is 0 Å². The second-order valence-electron chi connectivity index (χ2n) is 9.06. The average molecular weight is 465 g/mol. The van der Waals surface area contributed by atoms with Crippen LogP contribution in [0.1, 0.15) is 28.3 Å². The van der Waals surface area contributed by atoms with Crippen LogP contribution < -0.4 is 4.74 Å². The average Bonchev–Trinajstić information content (AvgIpc) is 3.17. The molecular formula is C26H25ClN2O4. The second kappa shape index (κ2) is 7.55. The van der Waals surface area contributed by atoms with E-state index in [2.05, 4.69) is 4.98 Å². The van der Waals surface area contributed by atoms with Crippen molar-refractivity contribution in [3.05, 3.63) is 94.3 Å².